The van der Waals surface area contributed by atoms with Crippen LogP contribution >= 0.6 is 11.8 Å². The van der Waals surface area contributed by atoms with Crippen molar-refractivity contribution in [2.45, 2.75) is 18.9 Å². The molecule has 1 amide bonds. The number of carbonyl (C=O) groups excluding carboxylic acids is 1. The van der Waals surface area contributed by atoms with Gasteiger partial charge in [0, 0.05) is 26.2 Å². The lowest BCUT2D eigenvalue weighted by molar-refractivity contribution is -0.132. The number of carbonyl (C=O) groups is 1. The van der Waals surface area contributed by atoms with Crippen LogP contribution in [-0.2, 0) is 4.79 Å². The molecule has 2 N–H and O–H groups in total. The summed E-state index contributed by atoms with van der Waals surface area (Å²) in [5.41, 5.74) is 6.95. The van der Waals surface area contributed by atoms with Crippen molar-refractivity contribution in [1.82, 2.24) is 29.4 Å². The van der Waals surface area contributed by atoms with Gasteiger partial charge in [0.1, 0.15) is 6.33 Å². The number of benzene rings is 1. The van der Waals surface area contributed by atoms with Crippen LogP contribution in [0.25, 0.3) is 17.0 Å². The smallest absolute Gasteiger partial charge is 0.296 e. The van der Waals surface area contributed by atoms with Gasteiger partial charge in [-0.2, -0.15) is 16.7 Å². The van der Waals surface area contributed by atoms with Gasteiger partial charge in [-0.1, -0.05) is 12.1 Å². The number of amides is 1. The number of piperazine rings is 1. The van der Waals surface area contributed by atoms with Crippen LogP contribution in [0.5, 0.6) is 0 Å². The highest BCUT2D eigenvalue weighted by molar-refractivity contribution is 7.98. The third-order valence-corrected chi connectivity index (χ3v) is 6.00. The largest absolute Gasteiger partial charge is 0.338 e. The fourth-order valence-electron chi connectivity index (χ4n) is 3.67. The lowest BCUT2D eigenvalue weighted by atomic mass is 10.2. The Morgan fingerprint density at radius 3 is 2.56 bits per heavy atom. The van der Waals surface area contributed by atoms with Gasteiger partial charge in [-0.25, -0.2) is 23.7 Å². The van der Waals surface area contributed by atoms with Crippen LogP contribution in [-0.4, -0.2) is 79.5 Å². The highest BCUT2D eigenvalue weighted by Gasteiger charge is 2.27. The van der Waals surface area contributed by atoms with Crippen molar-refractivity contribution in [1.29, 1.82) is 0 Å². The minimum atomic E-state index is -2.78. The van der Waals surface area contributed by atoms with Gasteiger partial charge in [0.2, 0.25) is 17.8 Å². The highest BCUT2D eigenvalue weighted by Crippen LogP contribution is 2.26. The Labute approximate surface area is 188 Å². The number of imidazole rings is 1. The third kappa shape index (κ3) is 4.51. The van der Waals surface area contributed by atoms with E-state index in [1.165, 1.54) is 10.9 Å². The molecule has 2 aromatic heterocycles. The van der Waals surface area contributed by atoms with Gasteiger partial charge in [-0.15, -0.1) is 0 Å². The van der Waals surface area contributed by atoms with E-state index >= 15 is 0 Å². The first-order valence-corrected chi connectivity index (χ1v) is 11.6. The Morgan fingerprint density at radius 2 is 1.84 bits per heavy atom. The zero-order valence-corrected chi connectivity index (χ0v) is 18.4. The number of nitrogens with two attached hydrogens (primary N) is 1. The van der Waals surface area contributed by atoms with Crippen molar-refractivity contribution in [2.75, 3.05) is 43.1 Å². The first kappa shape index (κ1) is 22.3. The summed E-state index contributed by atoms with van der Waals surface area (Å²) in [5.74, 6) is 0.812. The van der Waals surface area contributed by atoms with E-state index in [1.807, 2.05) is 11.2 Å². The molecule has 0 bridgehead atoms. The molecule has 1 aliphatic heterocycles. The van der Waals surface area contributed by atoms with Crippen molar-refractivity contribution in [2.24, 2.45) is 5.73 Å². The van der Waals surface area contributed by atoms with Crippen LogP contribution in [0.4, 0.5) is 14.7 Å². The van der Waals surface area contributed by atoms with Gasteiger partial charge < -0.3 is 15.5 Å². The third-order valence-electron chi connectivity index (χ3n) is 5.35. The van der Waals surface area contributed by atoms with Gasteiger partial charge in [0.05, 0.1) is 17.1 Å². The molecule has 1 aromatic carbocycles. The van der Waals surface area contributed by atoms with Crippen LogP contribution in [0.15, 0.2) is 30.6 Å². The number of fused-ring (bicyclic) bond motifs is 1. The molecule has 0 radical (unpaired) electrons. The average molecular weight is 463 g/mol. The number of alkyl halides is 2. The zero-order valence-electron chi connectivity index (χ0n) is 17.6. The maximum absolute atomic E-state index is 13.7. The molecule has 32 heavy (non-hydrogen) atoms. The molecular weight excluding hydrogens is 438 g/mol. The summed E-state index contributed by atoms with van der Waals surface area (Å²) >= 11 is 1.66. The molecule has 0 aliphatic carbocycles. The van der Waals surface area contributed by atoms with Gasteiger partial charge in [0.15, 0.2) is 5.82 Å². The van der Waals surface area contributed by atoms with Gasteiger partial charge in [-0.05, 0) is 30.6 Å². The molecule has 0 unspecified atom stereocenters. The van der Waals surface area contributed by atoms with Crippen molar-refractivity contribution < 1.29 is 13.6 Å². The van der Waals surface area contributed by atoms with Crippen LogP contribution in [0, 0.1) is 0 Å². The Kier molecular flexibility index (Phi) is 6.80. The number of hydrogen-bond donors (Lipinski definition) is 1. The topological polar surface area (TPSA) is 106 Å². The molecule has 1 atom stereocenters. The molecule has 0 saturated carbocycles. The van der Waals surface area contributed by atoms with Crippen LogP contribution in [0.2, 0.25) is 0 Å². The van der Waals surface area contributed by atoms with E-state index < -0.39 is 18.3 Å². The summed E-state index contributed by atoms with van der Waals surface area (Å²) < 4.78 is 28.6. The fourth-order valence-corrected chi connectivity index (χ4v) is 4.16. The lowest BCUT2D eigenvalue weighted by Crippen LogP contribution is -2.53. The lowest BCUT2D eigenvalue weighted by Gasteiger charge is -2.35. The minimum absolute atomic E-state index is 0.0542. The molecule has 170 valence electrons. The predicted octanol–water partition coefficient (Wildman–Crippen LogP) is 1.88. The second kappa shape index (κ2) is 9.74. The Hall–Kier alpha value is -2.86. The second-order valence-corrected chi connectivity index (χ2v) is 8.37. The molecule has 3 aromatic rings. The number of halogens is 2. The van der Waals surface area contributed by atoms with E-state index in [9.17, 15) is 13.6 Å². The molecule has 3 heterocycles. The van der Waals surface area contributed by atoms with Crippen molar-refractivity contribution in [3.8, 4) is 5.95 Å². The SMILES string of the molecule is CSCC[C@H](N)C(=O)N1CCN(c2ncnc(-n3c(C(F)F)nc4ccccc43)n2)CC1. The predicted molar refractivity (Wildman–Crippen MR) is 119 cm³/mol. The standard InChI is InChI=1S/C20H24F2N8OS/c1-32-11-6-13(23)18(31)28-7-9-29(10-8-28)19-24-12-25-20(27-19)30-15-5-3-2-4-14(15)26-17(30)16(21)22/h2-5,12-13,16H,6-11,23H2,1H3/t13-/m0/s1. The number of nitrogens with zero attached hydrogens (tertiary/aromatic N) is 7. The Morgan fingerprint density at radius 1 is 1.12 bits per heavy atom. The summed E-state index contributed by atoms with van der Waals surface area (Å²) in [4.78, 5) is 33.0. The Balaban J connectivity index is 1.53. The molecule has 1 saturated heterocycles. The maximum Gasteiger partial charge on any atom is 0.296 e. The first-order chi connectivity index (χ1) is 15.5. The van der Waals surface area contributed by atoms with E-state index in [1.54, 1.807) is 40.9 Å². The minimum Gasteiger partial charge on any atom is -0.338 e. The molecule has 1 aliphatic rings. The van der Waals surface area contributed by atoms with E-state index in [-0.39, 0.29) is 11.9 Å². The molecule has 4 rings (SSSR count). The van der Waals surface area contributed by atoms with Crippen molar-refractivity contribution in [3.05, 3.63) is 36.4 Å². The van der Waals surface area contributed by atoms with E-state index in [2.05, 4.69) is 19.9 Å². The fraction of sp³-hybridized carbons (Fsp3) is 0.450. The van der Waals surface area contributed by atoms with Crippen molar-refractivity contribution in [3.63, 3.8) is 0 Å². The monoisotopic (exact) mass is 462 g/mol. The zero-order chi connectivity index (χ0) is 22.7. The first-order valence-electron chi connectivity index (χ1n) is 10.2. The van der Waals surface area contributed by atoms with Crippen LogP contribution in [0.3, 0.4) is 0 Å². The van der Waals surface area contributed by atoms with Gasteiger partial charge >= 0.3 is 0 Å². The van der Waals surface area contributed by atoms with Gasteiger partial charge in [-0.3, -0.25) is 9.36 Å². The summed E-state index contributed by atoms with van der Waals surface area (Å²) in [6.07, 6.45) is 1.14. The number of thioether (sulfide) groups is 1. The molecule has 9 nitrogen and oxygen atoms in total. The van der Waals surface area contributed by atoms with E-state index in [0.29, 0.717) is 49.6 Å². The summed E-state index contributed by atoms with van der Waals surface area (Å²) in [7, 11) is 0. The quantitative estimate of drug-likeness (QED) is 0.567. The van der Waals surface area contributed by atoms with E-state index in [0.717, 1.165) is 5.75 Å². The van der Waals surface area contributed by atoms with Crippen LogP contribution < -0.4 is 10.6 Å². The summed E-state index contributed by atoms with van der Waals surface area (Å²) in [6.45, 7) is 2.00. The normalized spacial score (nSPS) is 15.5. The number of aromatic nitrogens is 5. The van der Waals surface area contributed by atoms with Crippen molar-refractivity contribution >= 4 is 34.7 Å². The number of anilines is 1. The average Bonchev–Trinajstić information content (AvgIpc) is 3.22. The molecular formula is C20H24F2N8OS. The summed E-state index contributed by atoms with van der Waals surface area (Å²) in [6, 6.07) is 6.35. The molecule has 12 heteroatoms. The molecule has 0 spiro atoms. The number of para-hydroxylation sites is 2. The second-order valence-electron chi connectivity index (χ2n) is 7.38. The molecule has 1 fully saturated rings. The van der Waals surface area contributed by atoms with Crippen LogP contribution in [0.1, 0.15) is 18.7 Å². The highest BCUT2D eigenvalue weighted by atomic mass is 32.2. The number of hydrogen-bond acceptors (Lipinski definition) is 8. The maximum atomic E-state index is 13.7. The van der Waals surface area contributed by atoms with E-state index in [4.69, 9.17) is 5.73 Å². The van der Waals surface area contributed by atoms with Gasteiger partial charge in [0.25, 0.3) is 6.43 Å². The Bertz CT molecular complexity index is 1090. The number of rotatable bonds is 7. The summed E-state index contributed by atoms with van der Waals surface area (Å²) in [5, 5.41) is 0.